The van der Waals surface area contributed by atoms with Gasteiger partial charge in [0.1, 0.15) is 6.04 Å². The molecule has 0 bridgehead atoms. The van der Waals surface area contributed by atoms with Crippen molar-refractivity contribution in [1.82, 2.24) is 30.1 Å². The lowest BCUT2D eigenvalue weighted by Crippen LogP contribution is -2.43. The molecule has 1 fully saturated rings. The summed E-state index contributed by atoms with van der Waals surface area (Å²) in [6.45, 7) is -2.30. The molecule has 16 heteroatoms. The molecule has 0 saturated carbocycles. The highest BCUT2D eigenvalue weighted by Crippen LogP contribution is 2.33. The number of nitrogens with one attached hydrogen (secondary N) is 2. The predicted octanol–water partition coefficient (Wildman–Crippen LogP) is 1.78. The molecular weight excluding hydrogens is 509 g/mol. The van der Waals surface area contributed by atoms with Gasteiger partial charge in [-0.15, -0.1) is 0 Å². The van der Waals surface area contributed by atoms with E-state index in [2.05, 4.69) is 19.8 Å². The monoisotopic (exact) mass is 525 g/mol. The number of benzene rings is 1. The minimum absolute atomic E-state index is 0.124. The Balaban J connectivity index is 1.48. The summed E-state index contributed by atoms with van der Waals surface area (Å²) in [7, 11) is 0. The molecule has 0 radical (unpaired) electrons. The number of nitriles is 1. The van der Waals surface area contributed by atoms with Crippen LogP contribution in [0.5, 0.6) is 0 Å². The molecule has 2 N–H and O–H groups in total. The lowest BCUT2D eigenvalue weighted by molar-refractivity contribution is -0.144. The Morgan fingerprint density at radius 1 is 1.27 bits per heavy atom. The van der Waals surface area contributed by atoms with Gasteiger partial charge < -0.3 is 10.2 Å². The fourth-order valence-electron chi connectivity index (χ4n) is 3.81. The predicted molar refractivity (Wildman–Crippen MR) is 112 cm³/mol. The highest BCUT2D eigenvalue weighted by molar-refractivity contribution is 5.97. The summed E-state index contributed by atoms with van der Waals surface area (Å²) in [6.07, 6.45) is -5.19. The van der Waals surface area contributed by atoms with Gasteiger partial charge in [0.05, 0.1) is 37.5 Å². The van der Waals surface area contributed by atoms with E-state index in [0.29, 0.717) is 26.9 Å². The van der Waals surface area contributed by atoms with Gasteiger partial charge in [0, 0.05) is 12.0 Å². The molecule has 0 unspecified atom stereocenters. The number of likely N-dealkylation sites (tertiary alicyclic amines) is 1. The average Bonchev–Trinajstić information content (AvgIpc) is 3.54. The van der Waals surface area contributed by atoms with E-state index in [9.17, 15) is 36.3 Å². The lowest BCUT2D eigenvalue weighted by atomic mass is 10.1. The third-order valence-electron chi connectivity index (χ3n) is 5.49. The minimum Gasteiger partial charge on any atom is -0.343 e. The van der Waals surface area contributed by atoms with Crippen LogP contribution in [0.2, 0.25) is 0 Å². The van der Waals surface area contributed by atoms with E-state index in [0.717, 1.165) is 0 Å². The maximum atomic E-state index is 13.8. The van der Waals surface area contributed by atoms with E-state index in [1.807, 2.05) is 5.32 Å². The second kappa shape index (κ2) is 9.48. The summed E-state index contributed by atoms with van der Waals surface area (Å²) in [4.78, 5) is 38.7. The van der Waals surface area contributed by atoms with Crippen LogP contribution in [0.4, 0.5) is 22.0 Å². The van der Waals surface area contributed by atoms with Gasteiger partial charge in [-0.3, -0.25) is 23.8 Å². The van der Waals surface area contributed by atoms with Crippen LogP contribution in [0.25, 0.3) is 11.4 Å². The van der Waals surface area contributed by atoms with Crippen molar-refractivity contribution in [2.24, 2.45) is 0 Å². The fourth-order valence-corrected chi connectivity index (χ4v) is 3.81. The molecule has 1 aliphatic rings. The van der Waals surface area contributed by atoms with Crippen molar-refractivity contribution in [1.29, 1.82) is 5.26 Å². The Bertz CT molecular complexity index is 1420. The number of aromatic nitrogens is 4. The van der Waals surface area contributed by atoms with E-state index in [-0.39, 0.29) is 12.4 Å². The fraction of sp³-hybridized carbons (Fsp3) is 0.333. The van der Waals surface area contributed by atoms with Crippen LogP contribution >= 0.6 is 0 Å². The van der Waals surface area contributed by atoms with Gasteiger partial charge in [0.2, 0.25) is 5.91 Å². The molecule has 194 valence electrons. The van der Waals surface area contributed by atoms with Crippen LogP contribution in [-0.2, 0) is 17.5 Å². The van der Waals surface area contributed by atoms with Gasteiger partial charge in [0.25, 0.3) is 11.8 Å². The third-order valence-corrected chi connectivity index (χ3v) is 5.49. The molecule has 1 aromatic carbocycles. The van der Waals surface area contributed by atoms with Crippen molar-refractivity contribution in [3.05, 3.63) is 57.8 Å². The molecule has 0 spiro atoms. The number of carbonyl (C=O) groups excluding carboxylic acids is 2. The molecule has 2 aromatic heterocycles. The Labute approximate surface area is 203 Å². The van der Waals surface area contributed by atoms with Crippen molar-refractivity contribution in [2.75, 3.05) is 13.1 Å². The third kappa shape index (κ3) is 5.50. The zero-order valence-corrected chi connectivity index (χ0v) is 18.6. The van der Waals surface area contributed by atoms with Gasteiger partial charge in [-0.2, -0.15) is 23.5 Å². The molecule has 11 nitrogen and oxygen atoms in total. The summed E-state index contributed by atoms with van der Waals surface area (Å²) in [6, 6.07) is 6.03. The number of amides is 2. The van der Waals surface area contributed by atoms with Gasteiger partial charge in [-0.1, -0.05) is 29.4 Å². The van der Waals surface area contributed by atoms with Crippen molar-refractivity contribution in [3.63, 3.8) is 0 Å². The molecule has 1 atom stereocenters. The molecule has 37 heavy (non-hydrogen) atoms. The molecule has 3 aromatic rings. The maximum Gasteiger partial charge on any atom is 0.439 e. The standard InChI is InChI=1S/C21H16F5N7O4/c22-20(23)5-13(6-27)32(10-20)15(34)8-28-18(35)14-7-29-33(16(14)21(24,25)26)9-11-1-3-12(4-2-11)17-30-19(36)37-31-17/h1-4,7,13H,5,8-10H2,(H,28,35)(H,30,31,36)/t13-/m0/s1. The number of nitrogens with zero attached hydrogens (tertiary/aromatic N) is 5. The lowest BCUT2D eigenvalue weighted by Gasteiger charge is -2.19. The first-order valence-corrected chi connectivity index (χ1v) is 10.5. The number of aromatic amines is 1. The number of carbonyl (C=O) groups is 2. The Hall–Kier alpha value is -4.55. The molecule has 1 saturated heterocycles. The van der Waals surface area contributed by atoms with Crippen LogP contribution < -0.4 is 11.1 Å². The van der Waals surface area contributed by atoms with Gasteiger partial charge in [-0.05, 0) is 5.56 Å². The van der Waals surface area contributed by atoms with E-state index in [4.69, 9.17) is 5.26 Å². The molecule has 1 aliphatic heterocycles. The number of halogens is 5. The van der Waals surface area contributed by atoms with Gasteiger partial charge >= 0.3 is 11.9 Å². The van der Waals surface area contributed by atoms with E-state index in [1.54, 1.807) is 6.07 Å². The van der Waals surface area contributed by atoms with Gasteiger partial charge in [-0.25, -0.2) is 13.6 Å². The zero-order chi connectivity index (χ0) is 27.0. The number of rotatable bonds is 6. The minimum atomic E-state index is -5.00. The average molecular weight is 525 g/mol. The summed E-state index contributed by atoms with van der Waals surface area (Å²) < 4.78 is 73.5. The summed E-state index contributed by atoms with van der Waals surface area (Å²) >= 11 is 0. The second-order valence-electron chi connectivity index (χ2n) is 8.11. The first-order valence-electron chi connectivity index (χ1n) is 10.5. The SMILES string of the molecule is N#C[C@@H]1CC(F)(F)CN1C(=O)CNC(=O)c1cnn(Cc2ccc(-c3noc(=O)[nH]3)cc2)c1C(F)(F)F. The van der Waals surface area contributed by atoms with Crippen LogP contribution in [0.3, 0.4) is 0 Å². The Kier molecular flexibility index (Phi) is 6.55. The maximum absolute atomic E-state index is 13.8. The van der Waals surface area contributed by atoms with Crippen LogP contribution in [0, 0.1) is 11.3 Å². The molecule has 4 rings (SSSR count). The van der Waals surface area contributed by atoms with E-state index in [1.165, 1.54) is 24.3 Å². The molecule has 2 amide bonds. The van der Waals surface area contributed by atoms with Crippen molar-refractivity contribution in [2.45, 2.75) is 31.1 Å². The Morgan fingerprint density at radius 3 is 2.57 bits per heavy atom. The topological polar surface area (TPSA) is 150 Å². The van der Waals surface area contributed by atoms with Crippen molar-refractivity contribution < 1.29 is 36.1 Å². The van der Waals surface area contributed by atoms with E-state index >= 15 is 0 Å². The normalized spacial score (nSPS) is 17.0. The van der Waals surface area contributed by atoms with Crippen LogP contribution in [-0.4, -0.2) is 61.7 Å². The van der Waals surface area contributed by atoms with E-state index < -0.39 is 66.5 Å². The van der Waals surface area contributed by atoms with Crippen molar-refractivity contribution >= 4 is 11.8 Å². The zero-order valence-electron chi connectivity index (χ0n) is 18.6. The smallest absolute Gasteiger partial charge is 0.343 e. The van der Waals surface area contributed by atoms with Crippen LogP contribution in [0.1, 0.15) is 28.0 Å². The molecule has 0 aliphatic carbocycles. The molecule has 3 heterocycles. The first-order chi connectivity index (χ1) is 17.4. The quantitative estimate of drug-likeness (QED) is 0.466. The Morgan fingerprint density at radius 2 is 1.97 bits per heavy atom. The number of alkyl halides is 5. The largest absolute Gasteiger partial charge is 0.439 e. The number of hydrogen-bond acceptors (Lipinski definition) is 7. The van der Waals surface area contributed by atoms with Crippen LogP contribution in [0.15, 0.2) is 39.8 Å². The number of hydrogen-bond donors (Lipinski definition) is 2. The van der Waals surface area contributed by atoms with Gasteiger partial charge in [0.15, 0.2) is 11.5 Å². The summed E-state index contributed by atoms with van der Waals surface area (Å²) in [5, 5.41) is 18.1. The number of H-pyrrole nitrogens is 1. The summed E-state index contributed by atoms with van der Waals surface area (Å²) in [5.41, 5.74) is -1.46. The summed E-state index contributed by atoms with van der Waals surface area (Å²) in [5.74, 6) is -6.27. The second-order valence-corrected chi connectivity index (χ2v) is 8.11. The first kappa shape index (κ1) is 25.5. The highest BCUT2D eigenvalue weighted by atomic mass is 19.4. The highest BCUT2D eigenvalue weighted by Gasteiger charge is 2.47. The molecular formula is C21H16F5N7O4. The van der Waals surface area contributed by atoms with Crippen molar-refractivity contribution in [3.8, 4) is 17.5 Å².